The van der Waals surface area contributed by atoms with Crippen molar-refractivity contribution in [3.63, 3.8) is 0 Å². The molecule has 28 heavy (non-hydrogen) atoms. The zero-order valence-corrected chi connectivity index (χ0v) is 15.0. The number of likely N-dealkylation sites (tertiary alicyclic amines) is 1. The summed E-state index contributed by atoms with van der Waals surface area (Å²) >= 11 is 0. The molecule has 1 heterocycles. The van der Waals surface area contributed by atoms with Crippen LogP contribution in [0.15, 0.2) is 30.4 Å². The summed E-state index contributed by atoms with van der Waals surface area (Å²) in [5, 5.41) is 2.01. The van der Waals surface area contributed by atoms with Gasteiger partial charge in [-0.1, -0.05) is 18.2 Å². The van der Waals surface area contributed by atoms with Gasteiger partial charge in [-0.05, 0) is 31.9 Å². The summed E-state index contributed by atoms with van der Waals surface area (Å²) in [5.74, 6) is -5.71. The number of esters is 1. The Morgan fingerprint density at radius 1 is 1.14 bits per heavy atom. The number of nitrogens with zero attached hydrogens (tertiary/aromatic N) is 1. The van der Waals surface area contributed by atoms with E-state index in [9.17, 15) is 28.0 Å². The van der Waals surface area contributed by atoms with Crippen molar-refractivity contribution in [2.45, 2.75) is 25.9 Å². The topological polar surface area (TPSA) is 92.8 Å². The Labute approximate surface area is 159 Å². The Morgan fingerprint density at radius 2 is 1.68 bits per heavy atom. The van der Waals surface area contributed by atoms with Crippen LogP contribution in [0, 0.1) is 23.5 Å². The molecule has 9 heteroatoms. The highest BCUT2D eigenvalue weighted by Gasteiger charge is 2.47. The van der Waals surface area contributed by atoms with Crippen LogP contribution in [0.2, 0.25) is 0 Å². The molecule has 1 N–H and O–H groups in total. The number of anilines is 1. The van der Waals surface area contributed by atoms with Gasteiger partial charge in [0, 0.05) is 0 Å². The fraction of sp³-hybridized carbons (Fsp3) is 0.368. The summed E-state index contributed by atoms with van der Waals surface area (Å²) in [6.07, 6.45) is 3.13. The molecule has 0 spiro atoms. The number of hydrogen-bond acceptors (Lipinski definition) is 5. The third kappa shape index (κ3) is 3.78. The fourth-order valence-electron chi connectivity index (χ4n) is 3.28. The first kappa shape index (κ1) is 19.7. The van der Waals surface area contributed by atoms with E-state index in [1.54, 1.807) is 0 Å². The van der Waals surface area contributed by atoms with Gasteiger partial charge >= 0.3 is 5.97 Å². The van der Waals surface area contributed by atoms with E-state index in [0.29, 0.717) is 12.8 Å². The van der Waals surface area contributed by atoms with Crippen LogP contribution >= 0.6 is 0 Å². The second-order valence-electron chi connectivity index (χ2n) is 6.64. The van der Waals surface area contributed by atoms with Crippen molar-refractivity contribution < 1.29 is 32.7 Å². The third-order valence-electron chi connectivity index (χ3n) is 4.77. The van der Waals surface area contributed by atoms with Crippen LogP contribution in [0.4, 0.5) is 14.5 Å². The smallest absolute Gasteiger partial charge is 0.326 e. The summed E-state index contributed by atoms with van der Waals surface area (Å²) in [7, 11) is 0. The second kappa shape index (κ2) is 7.87. The number of benzene rings is 1. The number of carbonyl (C=O) groups is 4. The van der Waals surface area contributed by atoms with Crippen LogP contribution in [0.1, 0.15) is 19.8 Å². The van der Waals surface area contributed by atoms with Crippen molar-refractivity contribution in [3.05, 3.63) is 42.0 Å². The van der Waals surface area contributed by atoms with E-state index >= 15 is 0 Å². The largest absolute Gasteiger partial charge is 0.451 e. The first-order valence-corrected chi connectivity index (χ1v) is 8.74. The van der Waals surface area contributed by atoms with Gasteiger partial charge in [0.05, 0.1) is 11.8 Å². The molecule has 2 aliphatic rings. The highest BCUT2D eigenvalue weighted by atomic mass is 19.1. The van der Waals surface area contributed by atoms with Crippen molar-refractivity contribution in [3.8, 4) is 0 Å². The maximum absolute atomic E-state index is 13.6. The summed E-state index contributed by atoms with van der Waals surface area (Å²) in [6.45, 7) is 0.597. The Hall–Kier alpha value is -3.10. The number of ether oxygens (including phenoxy) is 1. The Morgan fingerprint density at radius 3 is 2.21 bits per heavy atom. The SMILES string of the molecule is C[C@@H](OC(=O)CN1C(=O)[C@H]2CC=CC[C@@H]2C1=O)C(=O)Nc1c(F)cccc1F. The Balaban J connectivity index is 1.58. The van der Waals surface area contributed by atoms with E-state index in [1.807, 2.05) is 17.5 Å². The summed E-state index contributed by atoms with van der Waals surface area (Å²) < 4.78 is 32.1. The van der Waals surface area contributed by atoms with Crippen LogP contribution < -0.4 is 5.32 Å². The molecule has 1 saturated heterocycles. The molecule has 3 rings (SSSR count). The lowest BCUT2D eigenvalue weighted by Gasteiger charge is -2.17. The molecule has 7 nitrogen and oxygen atoms in total. The number of imide groups is 1. The van der Waals surface area contributed by atoms with E-state index in [4.69, 9.17) is 4.74 Å². The molecule has 1 aromatic rings. The average molecular weight is 392 g/mol. The second-order valence-corrected chi connectivity index (χ2v) is 6.64. The van der Waals surface area contributed by atoms with Crippen LogP contribution in [-0.4, -0.2) is 41.2 Å². The van der Waals surface area contributed by atoms with Gasteiger partial charge < -0.3 is 10.1 Å². The minimum atomic E-state index is -1.39. The van der Waals surface area contributed by atoms with Gasteiger partial charge in [0.2, 0.25) is 11.8 Å². The number of amides is 3. The number of nitrogens with one attached hydrogen (secondary N) is 1. The zero-order valence-electron chi connectivity index (χ0n) is 15.0. The molecule has 1 fully saturated rings. The maximum atomic E-state index is 13.6. The molecule has 1 aromatic carbocycles. The van der Waals surface area contributed by atoms with Crippen LogP contribution in [-0.2, 0) is 23.9 Å². The number of hydrogen-bond donors (Lipinski definition) is 1. The van der Waals surface area contributed by atoms with Crippen molar-refractivity contribution in [1.29, 1.82) is 0 Å². The highest BCUT2D eigenvalue weighted by Crippen LogP contribution is 2.34. The third-order valence-corrected chi connectivity index (χ3v) is 4.77. The lowest BCUT2D eigenvalue weighted by atomic mass is 9.85. The van der Waals surface area contributed by atoms with Crippen LogP contribution in [0.5, 0.6) is 0 Å². The summed E-state index contributed by atoms with van der Waals surface area (Å²) in [5.41, 5.74) is -0.656. The van der Waals surface area contributed by atoms with Gasteiger partial charge in [0.1, 0.15) is 23.9 Å². The number of carbonyl (C=O) groups excluding carboxylic acids is 4. The number of fused-ring (bicyclic) bond motifs is 1. The lowest BCUT2D eigenvalue weighted by Crippen LogP contribution is -2.39. The zero-order chi connectivity index (χ0) is 20.4. The predicted octanol–water partition coefficient (Wildman–Crippen LogP) is 1.79. The fourth-order valence-corrected chi connectivity index (χ4v) is 3.28. The number of rotatable bonds is 5. The van der Waals surface area contributed by atoms with Gasteiger partial charge in [-0.3, -0.25) is 24.1 Å². The first-order chi connectivity index (χ1) is 13.3. The number of para-hydroxylation sites is 1. The average Bonchev–Trinajstić information content (AvgIpc) is 2.90. The monoisotopic (exact) mass is 392 g/mol. The molecule has 0 saturated carbocycles. The van der Waals surface area contributed by atoms with Crippen LogP contribution in [0.3, 0.4) is 0 Å². The van der Waals surface area contributed by atoms with Crippen molar-refractivity contribution in [2.24, 2.45) is 11.8 Å². The van der Waals surface area contributed by atoms with E-state index < -0.39 is 65.5 Å². The van der Waals surface area contributed by atoms with Crippen molar-refractivity contribution in [2.75, 3.05) is 11.9 Å². The predicted molar refractivity (Wildman–Crippen MR) is 92.6 cm³/mol. The normalized spacial score (nSPS) is 22.0. The van der Waals surface area contributed by atoms with E-state index in [2.05, 4.69) is 0 Å². The van der Waals surface area contributed by atoms with Crippen LogP contribution in [0.25, 0.3) is 0 Å². The summed E-state index contributed by atoms with van der Waals surface area (Å²) in [4.78, 5) is 49.6. The van der Waals surface area contributed by atoms with E-state index in [-0.39, 0.29) is 0 Å². The molecule has 0 aromatic heterocycles. The quantitative estimate of drug-likeness (QED) is 0.469. The molecular weight excluding hydrogens is 374 g/mol. The highest BCUT2D eigenvalue weighted by molar-refractivity contribution is 6.07. The minimum absolute atomic E-state index is 0.438. The Kier molecular flexibility index (Phi) is 5.53. The molecular formula is C19H18F2N2O5. The molecule has 1 aliphatic heterocycles. The molecule has 148 valence electrons. The molecule has 0 bridgehead atoms. The van der Waals surface area contributed by atoms with Crippen molar-refractivity contribution in [1.82, 2.24) is 4.90 Å². The number of halogens is 2. The Bertz CT molecular complexity index is 824. The van der Waals surface area contributed by atoms with Gasteiger partial charge in [-0.2, -0.15) is 0 Å². The van der Waals surface area contributed by atoms with E-state index in [0.717, 1.165) is 23.1 Å². The van der Waals surface area contributed by atoms with E-state index in [1.165, 1.54) is 6.92 Å². The summed E-state index contributed by atoms with van der Waals surface area (Å²) in [6, 6.07) is 3.07. The van der Waals surface area contributed by atoms with Gasteiger partial charge in [0.15, 0.2) is 6.10 Å². The van der Waals surface area contributed by atoms with Gasteiger partial charge in [-0.15, -0.1) is 0 Å². The molecule has 3 atom stereocenters. The molecule has 1 aliphatic carbocycles. The van der Waals surface area contributed by atoms with Gasteiger partial charge in [0.25, 0.3) is 5.91 Å². The van der Waals surface area contributed by atoms with Crippen molar-refractivity contribution >= 4 is 29.4 Å². The standard InChI is InChI=1S/C19H18F2N2O5/c1-10(17(25)22-16-13(20)7-4-8-14(16)21)28-15(24)9-23-18(26)11-5-2-3-6-12(11)19(23)27/h2-4,7-8,10-12H,5-6,9H2,1H3,(H,22,25)/t10-,11+,12+/m1/s1. The lowest BCUT2D eigenvalue weighted by molar-refractivity contribution is -0.158. The molecule has 3 amide bonds. The first-order valence-electron chi connectivity index (χ1n) is 8.74. The molecule has 0 radical (unpaired) electrons. The molecule has 0 unspecified atom stereocenters. The number of allylic oxidation sites excluding steroid dienone is 2. The minimum Gasteiger partial charge on any atom is -0.451 e. The maximum Gasteiger partial charge on any atom is 0.326 e. The van der Waals surface area contributed by atoms with Gasteiger partial charge in [-0.25, -0.2) is 8.78 Å².